The van der Waals surface area contributed by atoms with Gasteiger partial charge in [-0.1, -0.05) is 11.6 Å². The Labute approximate surface area is 128 Å². The summed E-state index contributed by atoms with van der Waals surface area (Å²) in [5.74, 6) is -0.496. The molecule has 0 bridgehead atoms. The van der Waals surface area contributed by atoms with Gasteiger partial charge in [0.1, 0.15) is 11.6 Å². The monoisotopic (exact) mass is 297 g/mol. The highest BCUT2D eigenvalue weighted by atomic mass is 19.1. The van der Waals surface area contributed by atoms with Gasteiger partial charge < -0.3 is 5.32 Å². The fourth-order valence-electron chi connectivity index (χ4n) is 3.78. The van der Waals surface area contributed by atoms with Crippen LogP contribution in [-0.4, -0.2) is 5.54 Å². The van der Waals surface area contributed by atoms with Gasteiger partial charge in [-0.2, -0.15) is 0 Å². The van der Waals surface area contributed by atoms with Crippen molar-refractivity contribution >= 4 is 17.3 Å². The van der Waals surface area contributed by atoms with Crippen molar-refractivity contribution in [3.63, 3.8) is 0 Å². The molecule has 3 heteroatoms. The van der Waals surface area contributed by atoms with Crippen LogP contribution in [0.15, 0.2) is 24.3 Å². The molecule has 4 rings (SSSR count). The first kappa shape index (κ1) is 13.5. The van der Waals surface area contributed by atoms with Crippen LogP contribution < -0.4 is 15.8 Å². The summed E-state index contributed by atoms with van der Waals surface area (Å²) in [6, 6.07) is 6.49. The standard InChI is InChI=1S/C19H17F2N/c1-10-9-19(2,3)22-15-8-12-6-11-7-13(20)4-5-14(11)17(12)18(21)16(10)15/h4-8,22H,9H2,1-3H3. The first-order valence-electron chi connectivity index (χ1n) is 7.48. The summed E-state index contributed by atoms with van der Waals surface area (Å²) >= 11 is 0. The smallest absolute Gasteiger partial charge is 0.140 e. The lowest BCUT2D eigenvalue weighted by atomic mass is 9.88. The molecule has 0 amide bonds. The van der Waals surface area contributed by atoms with Gasteiger partial charge in [0, 0.05) is 22.0 Å². The Hall–Kier alpha value is -2.16. The zero-order valence-electron chi connectivity index (χ0n) is 12.8. The Kier molecular flexibility index (Phi) is 2.57. The van der Waals surface area contributed by atoms with Gasteiger partial charge in [0.25, 0.3) is 0 Å². The minimum atomic E-state index is -0.296. The second-order valence-corrected chi connectivity index (χ2v) is 6.92. The second-order valence-electron chi connectivity index (χ2n) is 6.92. The van der Waals surface area contributed by atoms with Gasteiger partial charge >= 0.3 is 0 Å². The maximum atomic E-state index is 15.2. The molecule has 2 aromatic carbocycles. The Balaban J connectivity index is 2.08. The molecule has 112 valence electrons. The summed E-state index contributed by atoms with van der Waals surface area (Å²) < 4.78 is 28.6. The molecule has 1 heterocycles. The Bertz CT molecular complexity index is 939. The molecule has 2 aromatic rings. The summed E-state index contributed by atoms with van der Waals surface area (Å²) in [5, 5.41) is 4.91. The molecule has 1 N–H and O–H groups in total. The van der Waals surface area contributed by atoms with Crippen molar-refractivity contribution < 1.29 is 8.78 Å². The van der Waals surface area contributed by atoms with Crippen LogP contribution in [0.3, 0.4) is 0 Å². The fraction of sp³-hybridized carbons (Fsp3) is 0.263. The number of fused-ring (bicyclic) bond motifs is 4. The largest absolute Gasteiger partial charge is 0.379 e. The molecule has 0 fully saturated rings. The summed E-state index contributed by atoms with van der Waals surface area (Å²) in [6.45, 7) is 6.21. The van der Waals surface area contributed by atoms with Crippen molar-refractivity contribution in [2.45, 2.75) is 32.7 Å². The maximum absolute atomic E-state index is 15.2. The van der Waals surface area contributed by atoms with Crippen molar-refractivity contribution in [2.24, 2.45) is 0 Å². The number of anilines is 1. The zero-order valence-corrected chi connectivity index (χ0v) is 12.8. The summed E-state index contributed by atoms with van der Waals surface area (Å²) in [5.41, 5.74) is 3.90. The number of hydrogen-bond acceptors (Lipinski definition) is 1. The Morgan fingerprint density at radius 1 is 1.14 bits per heavy atom. The van der Waals surface area contributed by atoms with Crippen molar-refractivity contribution in [1.29, 1.82) is 0 Å². The first-order chi connectivity index (χ1) is 10.4. The minimum Gasteiger partial charge on any atom is -0.379 e. The van der Waals surface area contributed by atoms with Gasteiger partial charge in [-0.15, -0.1) is 0 Å². The molecule has 1 nitrogen and oxygen atoms in total. The van der Waals surface area contributed by atoms with E-state index >= 15 is 4.39 Å². The molecule has 1 aliphatic heterocycles. The Morgan fingerprint density at radius 3 is 2.68 bits per heavy atom. The van der Waals surface area contributed by atoms with E-state index < -0.39 is 0 Å². The van der Waals surface area contributed by atoms with E-state index in [1.165, 1.54) is 12.1 Å². The van der Waals surface area contributed by atoms with E-state index in [0.29, 0.717) is 10.8 Å². The molecule has 0 radical (unpaired) electrons. The van der Waals surface area contributed by atoms with Crippen LogP contribution in [0.1, 0.15) is 32.8 Å². The zero-order chi connectivity index (χ0) is 15.6. The average Bonchev–Trinajstić information content (AvgIpc) is 2.73. The van der Waals surface area contributed by atoms with Crippen molar-refractivity contribution in [1.82, 2.24) is 0 Å². The van der Waals surface area contributed by atoms with E-state index in [1.54, 1.807) is 6.07 Å². The van der Waals surface area contributed by atoms with Gasteiger partial charge in [-0.3, -0.25) is 0 Å². The summed E-state index contributed by atoms with van der Waals surface area (Å²) in [6.07, 6.45) is 2.66. The van der Waals surface area contributed by atoms with E-state index in [-0.39, 0.29) is 17.2 Å². The number of nitrogens with one attached hydrogen (secondary N) is 1. The SMILES string of the molecule is CC1=c2c(cc3c(c2F)-c2ccc(F)cc2C=3)NC(C)(C)C1. The lowest BCUT2D eigenvalue weighted by Gasteiger charge is -2.33. The number of rotatable bonds is 0. The first-order valence-corrected chi connectivity index (χ1v) is 7.48. The highest BCUT2D eigenvalue weighted by Gasteiger charge is 2.28. The van der Waals surface area contributed by atoms with E-state index in [9.17, 15) is 4.39 Å². The molecule has 0 spiro atoms. The third-order valence-electron chi connectivity index (χ3n) is 4.50. The second kappa shape index (κ2) is 4.19. The van der Waals surface area contributed by atoms with Gasteiger partial charge in [0.05, 0.1) is 0 Å². The van der Waals surface area contributed by atoms with Crippen LogP contribution in [0.5, 0.6) is 0 Å². The third-order valence-corrected chi connectivity index (χ3v) is 4.50. The van der Waals surface area contributed by atoms with E-state index in [1.807, 2.05) is 19.1 Å². The quantitative estimate of drug-likeness (QED) is 0.669. The molecule has 1 aliphatic carbocycles. The van der Waals surface area contributed by atoms with E-state index in [0.717, 1.165) is 34.0 Å². The van der Waals surface area contributed by atoms with Crippen molar-refractivity contribution in [3.8, 4) is 11.1 Å². The third kappa shape index (κ3) is 1.81. The maximum Gasteiger partial charge on any atom is 0.140 e. The predicted molar refractivity (Wildman–Crippen MR) is 86.0 cm³/mol. The summed E-state index contributed by atoms with van der Waals surface area (Å²) in [4.78, 5) is 0. The van der Waals surface area contributed by atoms with Gasteiger partial charge in [0.15, 0.2) is 0 Å². The van der Waals surface area contributed by atoms with Crippen molar-refractivity contribution in [2.75, 3.05) is 5.32 Å². The van der Waals surface area contributed by atoms with Crippen LogP contribution in [-0.2, 0) is 0 Å². The number of benzene rings is 2. The van der Waals surface area contributed by atoms with Crippen LogP contribution in [0.2, 0.25) is 0 Å². The molecule has 0 saturated heterocycles. The molecule has 0 aromatic heterocycles. The summed E-state index contributed by atoms with van der Waals surface area (Å²) in [7, 11) is 0. The average molecular weight is 297 g/mol. The van der Waals surface area contributed by atoms with Crippen LogP contribution in [0.25, 0.3) is 22.8 Å². The minimum absolute atomic E-state index is 0.0880. The van der Waals surface area contributed by atoms with Gasteiger partial charge in [0.2, 0.25) is 0 Å². The topological polar surface area (TPSA) is 12.0 Å². The number of halogens is 2. The molecule has 0 atom stereocenters. The highest BCUT2D eigenvalue weighted by molar-refractivity contribution is 5.85. The Morgan fingerprint density at radius 2 is 1.91 bits per heavy atom. The molecular weight excluding hydrogens is 280 g/mol. The fourth-order valence-corrected chi connectivity index (χ4v) is 3.78. The van der Waals surface area contributed by atoms with Gasteiger partial charge in [-0.25, -0.2) is 8.78 Å². The van der Waals surface area contributed by atoms with Crippen LogP contribution >= 0.6 is 0 Å². The molecule has 0 saturated carbocycles. The molecule has 2 aliphatic rings. The highest BCUT2D eigenvalue weighted by Crippen LogP contribution is 2.32. The lowest BCUT2D eigenvalue weighted by molar-refractivity contribution is 0.561. The molecule has 22 heavy (non-hydrogen) atoms. The van der Waals surface area contributed by atoms with Crippen LogP contribution in [0.4, 0.5) is 14.5 Å². The van der Waals surface area contributed by atoms with Crippen LogP contribution in [0, 0.1) is 11.6 Å². The lowest BCUT2D eigenvalue weighted by Crippen LogP contribution is -2.40. The van der Waals surface area contributed by atoms with Gasteiger partial charge in [-0.05, 0) is 67.8 Å². The van der Waals surface area contributed by atoms with Crippen molar-refractivity contribution in [3.05, 3.63) is 51.9 Å². The predicted octanol–water partition coefficient (Wildman–Crippen LogP) is 3.54. The molecule has 0 unspecified atom stereocenters. The van der Waals surface area contributed by atoms with E-state index in [2.05, 4.69) is 19.2 Å². The molecular formula is C19H17F2N. The number of hydrogen-bond donors (Lipinski definition) is 1. The normalized spacial score (nSPS) is 17.2. The van der Waals surface area contributed by atoms with E-state index in [4.69, 9.17) is 0 Å².